The van der Waals surface area contributed by atoms with Crippen molar-refractivity contribution in [3.63, 3.8) is 0 Å². The summed E-state index contributed by atoms with van der Waals surface area (Å²) in [5.74, 6) is 0. The highest BCUT2D eigenvalue weighted by atomic mass is 35.5. The molecule has 1 rings (SSSR count). The van der Waals surface area contributed by atoms with Gasteiger partial charge in [-0.05, 0) is 32.4 Å². The van der Waals surface area contributed by atoms with Crippen molar-refractivity contribution in [2.75, 3.05) is 0 Å². The lowest BCUT2D eigenvalue weighted by atomic mass is 10.1. The predicted octanol–water partition coefficient (Wildman–Crippen LogP) is 3.44. The third-order valence-electron chi connectivity index (χ3n) is 2.24. The van der Waals surface area contributed by atoms with Crippen LogP contribution in [0.3, 0.4) is 0 Å². The van der Waals surface area contributed by atoms with Crippen LogP contribution in [0.2, 0.25) is 5.15 Å². The molecule has 0 fully saturated rings. The van der Waals surface area contributed by atoms with E-state index in [0.717, 1.165) is 12.1 Å². The Morgan fingerprint density at radius 2 is 2.14 bits per heavy atom. The average Bonchev–Trinajstić information content (AvgIpc) is 2.15. The first kappa shape index (κ1) is 11.5. The van der Waals surface area contributed by atoms with Crippen LogP contribution in [-0.2, 0) is 11.3 Å². The summed E-state index contributed by atoms with van der Waals surface area (Å²) in [5, 5.41) is 0.514. The Morgan fingerprint density at radius 3 is 2.71 bits per heavy atom. The first-order valence-electron chi connectivity index (χ1n) is 4.79. The summed E-state index contributed by atoms with van der Waals surface area (Å²) in [7, 11) is 0. The molecule has 0 N–H and O–H groups in total. The van der Waals surface area contributed by atoms with Crippen molar-refractivity contribution in [1.29, 1.82) is 0 Å². The minimum absolute atomic E-state index is 0.0933. The molecule has 1 aromatic rings. The molecule has 14 heavy (non-hydrogen) atoms. The van der Waals surface area contributed by atoms with Crippen LogP contribution in [0.25, 0.3) is 0 Å². The molecule has 3 heteroatoms. The average molecular weight is 214 g/mol. The Bertz CT molecular complexity index is 299. The molecule has 0 aliphatic heterocycles. The van der Waals surface area contributed by atoms with Crippen LogP contribution in [0, 0.1) is 0 Å². The molecule has 0 saturated carbocycles. The summed E-state index contributed by atoms with van der Waals surface area (Å²) < 4.78 is 5.70. The largest absolute Gasteiger partial charge is 0.369 e. The fraction of sp³-hybridized carbons (Fsp3) is 0.545. The van der Waals surface area contributed by atoms with Crippen LogP contribution in [-0.4, -0.2) is 10.6 Å². The lowest BCUT2D eigenvalue weighted by Gasteiger charge is -2.23. The van der Waals surface area contributed by atoms with Crippen molar-refractivity contribution >= 4 is 11.6 Å². The van der Waals surface area contributed by atoms with Crippen LogP contribution >= 0.6 is 11.6 Å². The molecule has 1 heterocycles. The Balaban J connectivity index is 2.54. The number of hydrogen-bond donors (Lipinski definition) is 0. The molecule has 78 valence electrons. The monoisotopic (exact) mass is 213 g/mol. The van der Waals surface area contributed by atoms with Crippen LogP contribution in [0.1, 0.15) is 32.9 Å². The molecule has 2 nitrogen and oxygen atoms in total. The minimum Gasteiger partial charge on any atom is -0.369 e. The van der Waals surface area contributed by atoms with E-state index in [0.29, 0.717) is 11.8 Å². The lowest BCUT2D eigenvalue weighted by Crippen LogP contribution is -2.22. The van der Waals surface area contributed by atoms with Crippen LogP contribution in [0.4, 0.5) is 0 Å². The number of pyridine rings is 1. The Labute approximate surface area is 90.3 Å². The number of aromatic nitrogens is 1. The zero-order valence-electron chi connectivity index (χ0n) is 8.88. The van der Waals surface area contributed by atoms with Crippen molar-refractivity contribution in [3.8, 4) is 0 Å². The van der Waals surface area contributed by atoms with Gasteiger partial charge in [-0.1, -0.05) is 24.6 Å². The van der Waals surface area contributed by atoms with E-state index < -0.39 is 0 Å². The fourth-order valence-corrected chi connectivity index (χ4v) is 1.08. The van der Waals surface area contributed by atoms with Crippen molar-refractivity contribution in [1.82, 2.24) is 4.98 Å². The second kappa shape index (κ2) is 4.76. The van der Waals surface area contributed by atoms with Crippen LogP contribution < -0.4 is 0 Å². The van der Waals surface area contributed by atoms with Gasteiger partial charge in [-0.2, -0.15) is 0 Å². The summed E-state index contributed by atoms with van der Waals surface area (Å²) in [6.07, 6.45) is 0.980. The van der Waals surface area contributed by atoms with E-state index in [1.165, 1.54) is 0 Å². The van der Waals surface area contributed by atoms with E-state index in [2.05, 4.69) is 25.8 Å². The number of hydrogen-bond acceptors (Lipinski definition) is 2. The van der Waals surface area contributed by atoms with Gasteiger partial charge in [0.25, 0.3) is 0 Å². The van der Waals surface area contributed by atoms with E-state index >= 15 is 0 Å². The highest BCUT2D eigenvalue weighted by molar-refractivity contribution is 6.29. The summed E-state index contributed by atoms with van der Waals surface area (Å²) >= 11 is 5.76. The van der Waals surface area contributed by atoms with E-state index in [4.69, 9.17) is 16.3 Å². The maximum atomic E-state index is 5.76. The van der Waals surface area contributed by atoms with Gasteiger partial charge >= 0.3 is 0 Å². The highest BCUT2D eigenvalue weighted by Gasteiger charge is 2.15. The van der Waals surface area contributed by atoms with Crippen molar-refractivity contribution in [3.05, 3.63) is 29.0 Å². The standard InChI is InChI=1S/C11H16ClNO/c1-4-11(2,3)14-8-9-6-5-7-10(12)13-9/h5-7H,4,8H2,1-3H3. The zero-order valence-corrected chi connectivity index (χ0v) is 9.64. The molecule has 0 saturated heterocycles. The third-order valence-corrected chi connectivity index (χ3v) is 2.45. The number of rotatable bonds is 4. The smallest absolute Gasteiger partial charge is 0.129 e. The summed E-state index contributed by atoms with van der Waals surface area (Å²) in [5.41, 5.74) is 0.781. The van der Waals surface area contributed by atoms with Gasteiger partial charge in [-0.3, -0.25) is 0 Å². The van der Waals surface area contributed by atoms with Crippen LogP contribution in [0.15, 0.2) is 18.2 Å². The van der Waals surface area contributed by atoms with Gasteiger partial charge in [0, 0.05) is 0 Å². The van der Waals surface area contributed by atoms with Gasteiger partial charge in [0.05, 0.1) is 17.9 Å². The minimum atomic E-state index is -0.0933. The van der Waals surface area contributed by atoms with Gasteiger partial charge in [0.2, 0.25) is 0 Å². The van der Waals surface area contributed by atoms with Gasteiger partial charge in [0.15, 0.2) is 0 Å². The van der Waals surface area contributed by atoms with Crippen molar-refractivity contribution in [2.45, 2.75) is 39.4 Å². The molecule has 0 spiro atoms. The number of ether oxygens (including phenoxy) is 1. The molecule has 0 aromatic carbocycles. The van der Waals surface area contributed by atoms with E-state index in [1.807, 2.05) is 12.1 Å². The maximum absolute atomic E-state index is 5.76. The first-order valence-corrected chi connectivity index (χ1v) is 5.17. The normalized spacial score (nSPS) is 11.7. The second-order valence-electron chi connectivity index (χ2n) is 3.85. The summed E-state index contributed by atoms with van der Waals surface area (Å²) in [6, 6.07) is 5.56. The molecule has 1 aromatic heterocycles. The molecule has 0 radical (unpaired) electrons. The number of halogens is 1. The van der Waals surface area contributed by atoms with Gasteiger partial charge < -0.3 is 4.74 Å². The van der Waals surface area contributed by atoms with Crippen molar-refractivity contribution < 1.29 is 4.74 Å². The first-order chi connectivity index (χ1) is 6.53. The lowest BCUT2D eigenvalue weighted by molar-refractivity contribution is -0.0330. The topological polar surface area (TPSA) is 22.1 Å². The summed E-state index contributed by atoms with van der Waals surface area (Å²) in [6.45, 7) is 6.75. The predicted molar refractivity (Wildman–Crippen MR) is 58.4 cm³/mol. The number of nitrogens with zero attached hydrogens (tertiary/aromatic N) is 1. The van der Waals surface area contributed by atoms with Crippen LogP contribution in [0.5, 0.6) is 0 Å². The molecular weight excluding hydrogens is 198 g/mol. The van der Waals surface area contributed by atoms with Gasteiger partial charge in [-0.25, -0.2) is 4.98 Å². The zero-order chi connectivity index (χ0) is 10.6. The molecule has 0 unspecified atom stereocenters. The molecule has 0 aliphatic carbocycles. The van der Waals surface area contributed by atoms with Crippen molar-refractivity contribution in [2.24, 2.45) is 0 Å². The fourth-order valence-electron chi connectivity index (χ4n) is 0.902. The second-order valence-corrected chi connectivity index (χ2v) is 4.24. The SMILES string of the molecule is CCC(C)(C)OCc1cccc(Cl)n1. The quantitative estimate of drug-likeness (QED) is 0.715. The third kappa shape index (κ3) is 3.64. The molecule has 0 aliphatic rings. The highest BCUT2D eigenvalue weighted by Crippen LogP contribution is 2.16. The Kier molecular flexibility index (Phi) is 3.90. The Morgan fingerprint density at radius 1 is 1.43 bits per heavy atom. The summed E-state index contributed by atoms with van der Waals surface area (Å²) in [4.78, 5) is 4.15. The molecule has 0 amide bonds. The van der Waals surface area contributed by atoms with E-state index in [9.17, 15) is 0 Å². The van der Waals surface area contributed by atoms with Gasteiger partial charge in [0.1, 0.15) is 5.15 Å². The molecule has 0 atom stereocenters. The van der Waals surface area contributed by atoms with E-state index in [-0.39, 0.29) is 5.60 Å². The Hall–Kier alpha value is -0.600. The molecular formula is C11H16ClNO. The van der Waals surface area contributed by atoms with Gasteiger partial charge in [-0.15, -0.1) is 0 Å². The molecule has 0 bridgehead atoms. The van der Waals surface area contributed by atoms with E-state index in [1.54, 1.807) is 6.07 Å². The maximum Gasteiger partial charge on any atom is 0.129 e.